The monoisotopic (exact) mass is 276 g/mol. The molecule has 3 rings (SSSR count). The predicted molar refractivity (Wildman–Crippen MR) is 78.4 cm³/mol. The summed E-state index contributed by atoms with van der Waals surface area (Å²) in [4.78, 5) is 12.0. The lowest BCUT2D eigenvalue weighted by atomic mass is 10.2. The molecule has 19 heavy (non-hydrogen) atoms. The third kappa shape index (κ3) is 2.42. The Kier molecular flexibility index (Phi) is 2.93. The van der Waals surface area contributed by atoms with E-state index in [1.165, 1.54) is 12.8 Å². The smallest absolute Gasteiger partial charge is 0.287 e. The van der Waals surface area contributed by atoms with Crippen molar-refractivity contribution in [3.05, 3.63) is 30.0 Å². The number of rotatable bonds is 4. The number of fused-ring (bicyclic) bond motifs is 1. The Labute approximate surface area is 115 Å². The molecule has 1 heterocycles. The fraction of sp³-hybridized carbons (Fsp3) is 0.357. The van der Waals surface area contributed by atoms with Gasteiger partial charge in [0.2, 0.25) is 0 Å². The molecule has 4 nitrogen and oxygen atoms in total. The Morgan fingerprint density at radius 2 is 2.26 bits per heavy atom. The van der Waals surface area contributed by atoms with Crippen molar-refractivity contribution in [2.75, 3.05) is 18.5 Å². The lowest BCUT2D eigenvalue weighted by Crippen LogP contribution is -2.31. The number of nitrogens with two attached hydrogens (primary N) is 1. The van der Waals surface area contributed by atoms with Crippen LogP contribution in [0.4, 0.5) is 5.69 Å². The standard InChI is InChI=1S/C14H16N2O2S/c1-19-14(4-5-14)8-16-13(17)12-7-9-6-10(15)2-3-11(9)18-12/h2-3,6-7H,4-5,8,15H2,1H3,(H,16,17). The van der Waals surface area contributed by atoms with E-state index in [-0.39, 0.29) is 10.7 Å². The van der Waals surface area contributed by atoms with Gasteiger partial charge in [-0.1, -0.05) is 0 Å². The van der Waals surface area contributed by atoms with Crippen LogP contribution in [0, 0.1) is 0 Å². The van der Waals surface area contributed by atoms with Crippen LogP contribution in [-0.4, -0.2) is 23.5 Å². The molecule has 1 amide bonds. The molecule has 0 radical (unpaired) electrons. The summed E-state index contributed by atoms with van der Waals surface area (Å²) in [5, 5.41) is 3.80. The van der Waals surface area contributed by atoms with Crippen LogP contribution in [0.25, 0.3) is 11.0 Å². The highest BCUT2D eigenvalue weighted by Crippen LogP contribution is 2.46. The van der Waals surface area contributed by atoms with Crippen LogP contribution in [-0.2, 0) is 0 Å². The minimum atomic E-state index is -0.157. The second kappa shape index (κ2) is 4.49. The zero-order chi connectivity index (χ0) is 13.5. The highest BCUT2D eigenvalue weighted by molar-refractivity contribution is 8.00. The van der Waals surface area contributed by atoms with Crippen LogP contribution in [0.3, 0.4) is 0 Å². The fourth-order valence-corrected chi connectivity index (χ4v) is 2.82. The van der Waals surface area contributed by atoms with Crippen LogP contribution >= 0.6 is 11.8 Å². The summed E-state index contributed by atoms with van der Waals surface area (Å²) < 4.78 is 5.79. The van der Waals surface area contributed by atoms with Crippen molar-refractivity contribution in [3.8, 4) is 0 Å². The van der Waals surface area contributed by atoms with Gasteiger partial charge in [-0.3, -0.25) is 4.79 Å². The first-order valence-electron chi connectivity index (χ1n) is 6.24. The molecule has 3 N–H and O–H groups in total. The van der Waals surface area contributed by atoms with E-state index >= 15 is 0 Å². The minimum Gasteiger partial charge on any atom is -0.451 e. The van der Waals surface area contributed by atoms with Crippen molar-refractivity contribution >= 4 is 34.3 Å². The zero-order valence-electron chi connectivity index (χ0n) is 10.7. The highest BCUT2D eigenvalue weighted by atomic mass is 32.2. The van der Waals surface area contributed by atoms with E-state index in [1.54, 1.807) is 24.3 Å². The molecule has 0 bridgehead atoms. The lowest BCUT2D eigenvalue weighted by molar-refractivity contribution is 0.0927. The zero-order valence-corrected chi connectivity index (χ0v) is 11.5. The second-order valence-electron chi connectivity index (χ2n) is 4.98. The van der Waals surface area contributed by atoms with E-state index in [0.717, 1.165) is 5.39 Å². The summed E-state index contributed by atoms with van der Waals surface area (Å²) in [5.41, 5.74) is 7.06. The fourth-order valence-electron chi connectivity index (χ4n) is 2.09. The Hall–Kier alpha value is -1.62. The molecule has 0 spiro atoms. The van der Waals surface area contributed by atoms with Crippen LogP contribution < -0.4 is 11.1 Å². The molecule has 1 fully saturated rings. The number of anilines is 1. The molecule has 0 unspecified atom stereocenters. The quantitative estimate of drug-likeness (QED) is 0.842. The maximum atomic E-state index is 12.0. The van der Waals surface area contributed by atoms with Gasteiger partial charge in [-0.25, -0.2) is 0 Å². The number of benzene rings is 1. The number of nitrogens with one attached hydrogen (secondary N) is 1. The normalized spacial score (nSPS) is 16.5. The van der Waals surface area contributed by atoms with Crippen LogP contribution in [0.1, 0.15) is 23.4 Å². The first kappa shape index (κ1) is 12.4. The van der Waals surface area contributed by atoms with E-state index in [9.17, 15) is 4.79 Å². The molecule has 0 saturated heterocycles. The van der Waals surface area contributed by atoms with Gasteiger partial charge in [-0.15, -0.1) is 0 Å². The van der Waals surface area contributed by atoms with Crippen molar-refractivity contribution in [2.24, 2.45) is 0 Å². The topological polar surface area (TPSA) is 68.3 Å². The van der Waals surface area contributed by atoms with Crippen molar-refractivity contribution < 1.29 is 9.21 Å². The summed E-state index contributed by atoms with van der Waals surface area (Å²) >= 11 is 1.82. The predicted octanol–water partition coefficient (Wildman–Crippen LogP) is 2.64. The number of carbonyl (C=O) groups excluding carboxylic acids is 1. The third-order valence-corrected chi connectivity index (χ3v) is 4.99. The molecular weight excluding hydrogens is 260 g/mol. The second-order valence-corrected chi connectivity index (χ2v) is 6.25. The van der Waals surface area contributed by atoms with Gasteiger partial charge >= 0.3 is 0 Å². The number of furan rings is 1. The van der Waals surface area contributed by atoms with Crippen molar-refractivity contribution in [2.45, 2.75) is 17.6 Å². The molecule has 2 aromatic rings. The average Bonchev–Trinajstić information content (AvgIpc) is 3.07. The van der Waals surface area contributed by atoms with Gasteiger partial charge in [0.05, 0.1) is 0 Å². The van der Waals surface area contributed by atoms with Crippen molar-refractivity contribution in [1.82, 2.24) is 5.32 Å². The number of hydrogen-bond donors (Lipinski definition) is 2. The van der Waals surface area contributed by atoms with E-state index in [0.29, 0.717) is 23.6 Å². The highest BCUT2D eigenvalue weighted by Gasteiger charge is 2.42. The molecule has 5 heteroatoms. The van der Waals surface area contributed by atoms with Gasteiger partial charge in [-0.05, 0) is 43.4 Å². The van der Waals surface area contributed by atoms with Crippen LogP contribution in [0.2, 0.25) is 0 Å². The van der Waals surface area contributed by atoms with E-state index in [1.807, 2.05) is 11.8 Å². The summed E-state index contributed by atoms with van der Waals surface area (Å²) in [6, 6.07) is 7.09. The van der Waals surface area contributed by atoms with Gasteiger partial charge < -0.3 is 15.5 Å². The molecule has 1 aromatic carbocycles. The van der Waals surface area contributed by atoms with Gasteiger partial charge in [-0.2, -0.15) is 11.8 Å². The molecule has 0 aliphatic heterocycles. The third-order valence-electron chi connectivity index (χ3n) is 3.58. The number of nitrogen functional groups attached to an aromatic ring is 1. The Bertz CT molecular complexity index is 631. The summed E-state index contributed by atoms with van der Waals surface area (Å²) in [7, 11) is 0. The van der Waals surface area contributed by atoms with Crippen molar-refractivity contribution in [3.63, 3.8) is 0 Å². The van der Waals surface area contributed by atoms with Gasteiger partial charge in [0, 0.05) is 22.4 Å². The number of carbonyl (C=O) groups is 1. The molecule has 0 atom stereocenters. The maximum absolute atomic E-state index is 12.0. The number of thioether (sulfide) groups is 1. The first-order valence-corrected chi connectivity index (χ1v) is 7.47. The SMILES string of the molecule is CSC1(CNC(=O)c2cc3cc(N)ccc3o2)CC1. The molecule has 1 saturated carbocycles. The molecule has 1 aromatic heterocycles. The van der Waals surface area contributed by atoms with Gasteiger partial charge in [0.15, 0.2) is 5.76 Å². The van der Waals surface area contributed by atoms with Crippen LogP contribution in [0.15, 0.2) is 28.7 Å². The summed E-state index contributed by atoms with van der Waals surface area (Å²) in [6.45, 7) is 0.701. The molecule has 1 aliphatic carbocycles. The van der Waals surface area contributed by atoms with Crippen molar-refractivity contribution in [1.29, 1.82) is 0 Å². The number of amides is 1. The van der Waals surface area contributed by atoms with E-state index < -0.39 is 0 Å². The Morgan fingerprint density at radius 1 is 1.47 bits per heavy atom. The van der Waals surface area contributed by atoms with E-state index in [4.69, 9.17) is 10.2 Å². The first-order chi connectivity index (χ1) is 9.12. The lowest BCUT2D eigenvalue weighted by Gasteiger charge is -2.11. The molecule has 100 valence electrons. The Morgan fingerprint density at radius 3 is 2.95 bits per heavy atom. The van der Waals surface area contributed by atoms with Gasteiger partial charge in [0.25, 0.3) is 5.91 Å². The minimum absolute atomic E-state index is 0.157. The summed E-state index contributed by atoms with van der Waals surface area (Å²) in [5.74, 6) is 0.188. The number of hydrogen-bond acceptors (Lipinski definition) is 4. The summed E-state index contributed by atoms with van der Waals surface area (Å²) in [6.07, 6.45) is 4.43. The van der Waals surface area contributed by atoms with Gasteiger partial charge in [0.1, 0.15) is 5.58 Å². The van der Waals surface area contributed by atoms with E-state index in [2.05, 4.69) is 11.6 Å². The Balaban J connectivity index is 1.74. The maximum Gasteiger partial charge on any atom is 0.287 e. The largest absolute Gasteiger partial charge is 0.451 e. The van der Waals surface area contributed by atoms with Crippen LogP contribution in [0.5, 0.6) is 0 Å². The average molecular weight is 276 g/mol. The molecule has 1 aliphatic rings. The molecular formula is C14H16N2O2S.